The first kappa shape index (κ1) is 13.2. The normalized spacial score (nSPS) is 18.6. The Morgan fingerprint density at radius 2 is 2.05 bits per heavy atom. The molecule has 1 aliphatic rings. The van der Waals surface area contributed by atoms with E-state index in [-0.39, 0.29) is 11.2 Å². The third-order valence-electron chi connectivity index (χ3n) is 3.52. The van der Waals surface area contributed by atoms with Crippen LogP contribution >= 0.6 is 11.8 Å². The van der Waals surface area contributed by atoms with E-state index < -0.39 is 0 Å². The maximum absolute atomic E-state index is 11.9. The first-order valence-electron chi connectivity index (χ1n) is 6.36. The minimum atomic E-state index is -0.00601. The molecule has 3 heterocycles. The largest absolute Gasteiger partial charge is 0.361 e. The van der Waals surface area contributed by atoms with Gasteiger partial charge in [-0.2, -0.15) is 5.10 Å². The van der Waals surface area contributed by atoms with Crippen molar-refractivity contribution in [2.75, 3.05) is 11.1 Å². The third kappa shape index (κ3) is 1.93. The van der Waals surface area contributed by atoms with E-state index in [1.165, 1.54) is 0 Å². The first-order valence-corrected chi connectivity index (χ1v) is 7.41. The predicted molar refractivity (Wildman–Crippen MR) is 76.9 cm³/mol. The number of fused-ring (bicyclic) bond motifs is 1. The summed E-state index contributed by atoms with van der Waals surface area (Å²) in [6.45, 7) is 5.79. The summed E-state index contributed by atoms with van der Waals surface area (Å²) in [6, 6.07) is 0. The van der Waals surface area contributed by atoms with Crippen molar-refractivity contribution in [1.82, 2.24) is 14.9 Å². The second-order valence-corrected chi connectivity index (χ2v) is 6.04. The van der Waals surface area contributed by atoms with Crippen molar-refractivity contribution < 1.29 is 9.32 Å². The van der Waals surface area contributed by atoms with E-state index in [1.807, 2.05) is 27.8 Å². The summed E-state index contributed by atoms with van der Waals surface area (Å²) >= 11 is 1.58. The monoisotopic (exact) mass is 292 g/mol. The van der Waals surface area contributed by atoms with Gasteiger partial charge in [-0.05, 0) is 20.8 Å². The van der Waals surface area contributed by atoms with Crippen LogP contribution in [0.3, 0.4) is 0 Å². The number of anilines is 1. The zero-order valence-corrected chi connectivity index (χ0v) is 12.7. The lowest BCUT2D eigenvalue weighted by molar-refractivity contribution is -0.113. The number of nitrogens with zero attached hydrogens (tertiary/aromatic N) is 3. The second-order valence-electron chi connectivity index (χ2n) is 4.95. The average molecular weight is 292 g/mol. The van der Waals surface area contributed by atoms with Gasteiger partial charge in [0.15, 0.2) is 0 Å². The third-order valence-corrected chi connectivity index (χ3v) is 4.75. The predicted octanol–water partition coefficient (Wildman–Crippen LogP) is 2.11. The van der Waals surface area contributed by atoms with Crippen molar-refractivity contribution in [2.24, 2.45) is 7.05 Å². The summed E-state index contributed by atoms with van der Waals surface area (Å²) in [6.07, 6.45) is 0. The van der Waals surface area contributed by atoms with E-state index in [1.54, 1.807) is 16.4 Å². The number of carbonyl (C=O) groups is 1. The van der Waals surface area contributed by atoms with E-state index in [9.17, 15) is 4.79 Å². The van der Waals surface area contributed by atoms with Crippen molar-refractivity contribution in [3.63, 3.8) is 0 Å². The lowest BCUT2D eigenvalue weighted by atomic mass is 10.0. The molecule has 0 fully saturated rings. The van der Waals surface area contributed by atoms with Crippen molar-refractivity contribution >= 4 is 23.5 Å². The minimum absolute atomic E-state index is 0.00601. The number of rotatable bonds is 1. The van der Waals surface area contributed by atoms with E-state index in [0.29, 0.717) is 5.75 Å². The summed E-state index contributed by atoms with van der Waals surface area (Å²) in [5, 5.41) is 11.4. The van der Waals surface area contributed by atoms with E-state index in [4.69, 9.17) is 4.52 Å². The molecule has 0 radical (unpaired) electrons. The lowest BCUT2D eigenvalue weighted by Crippen LogP contribution is -2.15. The molecular weight excluding hydrogens is 276 g/mol. The Hall–Kier alpha value is -1.76. The molecule has 0 unspecified atom stereocenters. The van der Waals surface area contributed by atoms with Gasteiger partial charge in [-0.15, -0.1) is 11.8 Å². The van der Waals surface area contributed by atoms with Gasteiger partial charge in [-0.1, -0.05) is 5.16 Å². The average Bonchev–Trinajstić information content (AvgIpc) is 2.77. The summed E-state index contributed by atoms with van der Waals surface area (Å²) in [5.41, 5.74) is 3.87. The van der Waals surface area contributed by atoms with E-state index in [2.05, 4.69) is 15.6 Å². The Bertz CT molecular complexity index is 669. The number of hydrogen-bond acceptors (Lipinski definition) is 5. The molecule has 2 aromatic heterocycles. The van der Waals surface area contributed by atoms with Crippen LogP contribution < -0.4 is 5.32 Å². The van der Waals surface area contributed by atoms with Crippen LogP contribution in [-0.4, -0.2) is 26.6 Å². The Labute approximate surface area is 120 Å². The van der Waals surface area contributed by atoms with Gasteiger partial charge in [-0.25, -0.2) is 0 Å². The lowest BCUT2D eigenvalue weighted by Gasteiger charge is -2.14. The van der Waals surface area contributed by atoms with Crippen molar-refractivity contribution in [2.45, 2.75) is 26.0 Å². The fourth-order valence-electron chi connectivity index (χ4n) is 2.64. The Balaban J connectivity index is 2.21. The first-order chi connectivity index (χ1) is 9.49. The highest BCUT2D eigenvalue weighted by atomic mass is 32.2. The summed E-state index contributed by atoms with van der Waals surface area (Å²) in [5.74, 6) is 1.96. The quantitative estimate of drug-likeness (QED) is 0.871. The Morgan fingerprint density at radius 1 is 1.30 bits per heavy atom. The van der Waals surface area contributed by atoms with Crippen LogP contribution in [0.4, 0.5) is 5.82 Å². The number of aryl methyl sites for hydroxylation is 4. The number of amides is 1. The van der Waals surface area contributed by atoms with E-state index >= 15 is 0 Å². The number of carbonyl (C=O) groups excluding carboxylic acids is 1. The van der Waals surface area contributed by atoms with E-state index in [0.717, 1.165) is 34.1 Å². The molecule has 1 aliphatic heterocycles. The van der Waals surface area contributed by atoms with Crippen LogP contribution in [0.1, 0.15) is 33.5 Å². The van der Waals surface area contributed by atoms with Gasteiger partial charge in [0.25, 0.3) is 0 Å². The van der Waals surface area contributed by atoms with Gasteiger partial charge in [-0.3, -0.25) is 9.48 Å². The summed E-state index contributed by atoms with van der Waals surface area (Å²) in [7, 11) is 1.84. The highest BCUT2D eigenvalue weighted by molar-refractivity contribution is 8.00. The molecule has 1 N–H and O–H groups in total. The Kier molecular flexibility index (Phi) is 3.08. The molecule has 20 heavy (non-hydrogen) atoms. The molecular formula is C13H16N4O2S. The molecule has 3 rings (SSSR count). The number of nitrogens with one attached hydrogen (secondary N) is 1. The molecule has 7 heteroatoms. The Morgan fingerprint density at radius 3 is 2.70 bits per heavy atom. The van der Waals surface area contributed by atoms with Gasteiger partial charge in [0, 0.05) is 18.2 Å². The zero-order chi connectivity index (χ0) is 14.4. The van der Waals surface area contributed by atoms with Crippen LogP contribution in [0.25, 0.3) is 0 Å². The zero-order valence-electron chi connectivity index (χ0n) is 11.9. The maximum atomic E-state index is 11.9. The molecule has 0 aliphatic carbocycles. The smallest absolute Gasteiger partial charge is 0.235 e. The number of hydrogen-bond donors (Lipinski definition) is 1. The summed E-state index contributed by atoms with van der Waals surface area (Å²) in [4.78, 5) is 11.9. The molecule has 2 aromatic rings. The molecule has 0 spiro atoms. The van der Waals surface area contributed by atoms with Crippen molar-refractivity contribution in [1.29, 1.82) is 0 Å². The SMILES string of the molecule is Cc1noc(C)c1[C@H]1SCC(=O)Nc2c1c(C)nn2C. The van der Waals surface area contributed by atoms with Gasteiger partial charge in [0.05, 0.1) is 22.4 Å². The van der Waals surface area contributed by atoms with Crippen LogP contribution in [0.2, 0.25) is 0 Å². The highest BCUT2D eigenvalue weighted by Crippen LogP contribution is 2.44. The highest BCUT2D eigenvalue weighted by Gasteiger charge is 2.32. The van der Waals surface area contributed by atoms with Crippen LogP contribution in [-0.2, 0) is 11.8 Å². The molecule has 0 aromatic carbocycles. The molecule has 1 atom stereocenters. The fraction of sp³-hybridized carbons (Fsp3) is 0.462. The van der Waals surface area contributed by atoms with Crippen molar-refractivity contribution in [3.05, 3.63) is 28.3 Å². The summed E-state index contributed by atoms with van der Waals surface area (Å²) < 4.78 is 7.00. The van der Waals surface area contributed by atoms with Gasteiger partial charge in [0.2, 0.25) is 5.91 Å². The van der Waals surface area contributed by atoms with Crippen LogP contribution in [0.15, 0.2) is 4.52 Å². The number of aromatic nitrogens is 3. The molecule has 106 valence electrons. The molecule has 0 saturated carbocycles. The van der Waals surface area contributed by atoms with Gasteiger partial charge in [0.1, 0.15) is 11.6 Å². The second kappa shape index (κ2) is 4.66. The minimum Gasteiger partial charge on any atom is -0.361 e. The standard InChI is InChI=1S/C13H16N4O2S/c1-6-11-12(10-7(2)16-19-8(10)3)20-5-9(18)14-13(11)17(4)15-6/h12H,5H2,1-4H3,(H,14,18)/t12-/m1/s1. The van der Waals surface area contributed by atoms with Gasteiger partial charge < -0.3 is 9.84 Å². The van der Waals surface area contributed by atoms with Gasteiger partial charge >= 0.3 is 0 Å². The maximum Gasteiger partial charge on any atom is 0.235 e. The topological polar surface area (TPSA) is 73.0 Å². The molecule has 6 nitrogen and oxygen atoms in total. The van der Waals surface area contributed by atoms with Crippen molar-refractivity contribution in [3.8, 4) is 0 Å². The van der Waals surface area contributed by atoms with Crippen LogP contribution in [0.5, 0.6) is 0 Å². The van der Waals surface area contributed by atoms with Crippen LogP contribution in [0, 0.1) is 20.8 Å². The molecule has 0 bridgehead atoms. The molecule has 1 amide bonds. The fourth-order valence-corrected chi connectivity index (χ4v) is 3.98. The molecule has 0 saturated heterocycles. The number of thioether (sulfide) groups is 1.